The molecule has 0 heteroatoms. The van der Waals surface area contributed by atoms with Crippen LogP contribution in [0.25, 0.3) is 0 Å². The van der Waals surface area contributed by atoms with E-state index in [0.29, 0.717) is 0 Å². The smallest absolute Gasteiger partial charge is 0.0371 e. The second-order valence-corrected chi connectivity index (χ2v) is 3.97. The molecule has 0 unspecified atom stereocenters. The van der Waals surface area contributed by atoms with Gasteiger partial charge in [0.15, 0.2) is 0 Å². The minimum atomic E-state index is 0.856. The van der Waals surface area contributed by atoms with Crippen molar-refractivity contribution in [3.8, 4) is 0 Å². The van der Waals surface area contributed by atoms with E-state index in [0.717, 1.165) is 17.8 Å². The van der Waals surface area contributed by atoms with Gasteiger partial charge in [-0.2, -0.15) is 0 Å². The standard InChI is InChI=1S/C9H20.C3H6/c1-6-9(7(2)3)8(4)5;1-3-2/h7-9H,6H2,1-5H3;3H,1H2,2H3. The summed E-state index contributed by atoms with van der Waals surface area (Å²) in [6.45, 7) is 16.8. The Hall–Kier alpha value is -0.260. The fraction of sp³-hybridized carbons (Fsp3) is 0.833. The summed E-state index contributed by atoms with van der Waals surface area (Å²) in [5, 5.41) is 0. The van der Waals surface area contributed by atoms with Gasteiger partial charge in [0.1, 0.15) is 0 Å². The lowest BCUT2D eigenvalue weighted by Crippen LogP contribution is -2.13. The third-order valence-corrected chi connectivity index (χ3v) is 2.18. The van der Waals surface area contributed by atoms with E-state index in [1.807, 2.05) is 6.92 Å². The fourth-order valence-electron chi connectivity index (χ4n) is 1.71. The van der Waals surface area contributed by atoms with Crippen LogP contribution < -0.4 is 0 Å². The van der Waals surface area contributed by atoms with E-state index in [2.05, 4.69) is 41.2 Å². The molecule has 0 aromatic heterocycles. The van der Waals surface area contributed by atoms with Crippen molar-refractivity contribution in [1.82, 2.24) is 0 Å². The second kappa shape index (κ2) is 8.83. The van der Waals surface area contributed by atoms with Crippen LogP contribution in [-0.2, 0) is 0 Å². The summed E-state index contributed by atoms with van der Waals surface area (Å²) < 4.78 is 0. The van der Waals surface area contributed by atoms with Crippen LogP contribution >= 0.6 is 0 Å². The van der Waals surface area contributed by atoms with Gasteiger partial charge in [-0.3, -0.25) is 0 Å². The van der Waals surface area contributed by atoms with Crippen molar-refractivity contribution >= 4 is 0 Å². The molecule has 0 amide bonds. The van der Waals surface area contributed by atoms with Crippen molar-refractivity contribution in [3.63, 3.8) is 0 Å². The molecule has 0 bridgehead atoms. The first kappa shape index (κ1) is 14.3. The summed E-state index contributed by atoms with van der Waals surface area (Å²) in [6, 6.07) is 0. The number of rotatable bonds is 3. The van der Waals surface area contributed by atoms with Crippen LogP contribution in [-0.4, -0.2) is 0 Å². The average Bonchev–Trinajstić information content (AvgIpc) is 1.88. The van der Waals surface area contributed by atoms with Crippen LogP contribution in [0.15, 0.2) is 12.7 Å². The largest absolute Gasteiger partial charge is 0.103 e. The third kappa shape index (κ3) is 7.84. The van der Waals surface area contributed by atoms with Crippen molar-refractivity contribution in [2.24, 2.45) is 17.8 Å². The molecule has 0 N–H and O–H groups in total. The van der Waals surface area contributed by atoms with Gasteiger partial charge in [0.05, 0.1) is 0 Å². The molecule has 0 aliphatic rings. The van der Waals surface area contributed by atoms with Crippen LogP contribution in [0.2, 0.25) is 0 Å². The molecule has 0 aliphatic heterocycles. The molecular formula is C12H26. The van der Waals surface area contributed by atoms with Gasteiger partial charge in [-0.05, 0) is 24.7 Å². The van der Waals surface area contributed by atoms with E-state index >= 15 is 0 Å². The Morgan fingerprint density at radius 3 is 1.33 bits per heavy atom. The molecule has 0 fully saturated rings. The molecule has 0 aliphatic carbocycles. The lowest BCUT2D eigenvalue weighted by molar-refractivity contribution is 0.279. The predicted molar refractivity (Wildman–Crippen MR) is 59.3 cm³/mol. The maximum Gasteiger partial charge on any atom is -0.0371 e. The Bertz CT molecular complexity index is 82.2. The van der Waals surface area contributed by atoms with Gasteiger partial charge >= 0.3 is 0 Å². The molecule has 0 aromatic rings. The zero-order chi connectivity index (χ0) is 10.1. The van der Waals surface area contributed by atoms with E-state index < -0.39 is 0 Å². The third-order valence-electron chi connectivity index (χ3n) is 2.18. The van der Waals surface area contributed by atoms with Crippen molar-refractivity contribution in [1.29, 1.82) is 0 Å². The van der Waals surface area contributed by atoms with E-state index in [-0.39, 0.29) is 0 Å². The predicted octanol–water partition coefficient (Wildman–Crippen LogP) is 4.52. The van der Waals surface area contributed by atoms with Gasteiger partial charge in [0.2, 0.25) is 0 Å². The quantitative estimate of drug-likeness (QED) is 0.546. The Morgan fingerprint density at radius 1 is 1.08 bits per heavy atom. The van der Waals surface area contributed by atoms with Gasteiger partial charge < -0.3 is 0 Å². The summed E-state index contributed by atoms with van der Waals surface area (Å²) in [5.41, 5.74) is 0. The van der Waals surface area contributed by atoms with Crippen molar-refractivity contribution in [3.05, 3.63) is 12.7 Å². The van der Waals surface area contributed by atoms with E-state index in [1.54, 1.807) is 6.08 Å². The fourth-order valence-corrected chi connectivity index (χ4v) is 1.71. The monoisotopic (exact) mass is 170 g/mol. The molecule has 0 aromatic carbocycles. The molecule has 0 saturated heterocycles. The number of hydrogen-bond donors (Lipinski definition) is 0. The highest BCUT2D eigenvalue weighted by Gasteiger charge is 2.13. The summed E-state index contributed by atoms with van der Waals surface area (Å²) in [6.07, 6.45) is 3.08. The first-order chi connectivity index (χ1) is 5.51. The Kier molecular flexibility index (Phi) is 10.5. The van der Waals surface area contributed by atoms with Crippen LogP contribution in [0.3, 0.4) is 0 Å². The first-order valence-corrected chi connectivity index (χ1v) is 5.08. The lowest BCUT2D eigenvalue weighted by Gasteiger charge is -2.22. The van der Waals surface area contributed by atoms with E-state index in [1.165, 1.54) is 6.42 Å². The highest BCUT2D eigenvalue weighted by Crippen LogP contribution is 2.22. The molecule has 12 heavy (non-hydrogen) atoms. The summed E-state index contributed by atoms with van der Waals surface area (Å²) in [7, 11) is 0. The van der Waals surface area contributed by atoms with Gasteiger partial charge in [0, 0.05) is 0 Å². The Labute approximate surface area is 79.1 Å². The van der Waals surface area contributed by atoms with Gasteiger partial charge in [-0.15, -0.1) is 6.58 Å². The summed E-state index contributed by atoms with van der Waals surface area (Å²) in [5.74, 6) is 2.63. The van der Waals surface area contributed by atoms with Crippen molar-refractivity contribution in [2.75, 3.05) is 0 Å². The summed E-state index contributed by atoms with van der Waals surface area (Å²) >= 11 is 0. The van der Waals surface area contributed by atoms with Crippen molar-refractivity contribution in [2.45, 2.75) is 48.0 Å². The molecule has 0 rings (SSSR count). The molecule has 74 valence electrons. The van der Waals surface area contributed by atoms with E-state index in [4.69, 9.17) is 0 Å². The van der Waals surface area contributed by atoms with Crippen LogP contribution in [0.1, 0.15) is 48.0 Å². The number of allylic oxidation sites excluding steroid dienone is 1. The molecular weight excluding hydrogens is 144 g/mol. The Balaban J connectivity index is 0. The van der Waals surface area contributed by atoms with Crippen molar-refractivity contribution < 1.29 is 0 Å². The highest BCUT2D eigenvalue weighted by molar-refractivity contribution is 4.63. The van der Waals surface area contributed by atoms with Gasteiger partial charge in [0.25, 0.3) is 0 Å². The SMILES string of the molecule is C=CC.CCC(C(C)C)C(C)C. The number of hydrogen-bond acceptors (Lipinski definition) is 0. The van der Waals surface area contributed by atoms with Crippen LogP contribution in [0.4, 0.5) is 0 Å². The normalized spacial score (nSPS) is 10.1. The van der Waals surface area contributed by atoms with Crippen LogP contribution in [0, 0.1) is 17.8 Å². The van der Waals surface area contributed by atoms with Gasteiger partial charge in [-0.1, -0.05) is 47.1 Å². The minimum Gasteiger partial charge on any atom is -0.103 e. The summed E-state index contributed by atoms with van der Waals surface area (Å²) in [4.78, 5) is 0. The zero-order valence-electron chi connectivity index (χ0n) is 9.72. The molecule has 0 spiro atoms. The highest BCUT2D eigenvalue weighted by atomic mass is 14.2. The average molecular weight is 170 g/mol. The first-order valence-electron chi connectivity index (χ1n) is 5.08. The van der Waals surface area contributed by atoms with Gasteiger partial charge in [-0.25, -0.2) is 0 Å². The molecule has 0 nitrogen and oxygen atoms in total. The molecule has 0 saturated carbocycles. The molecule has 0 atom stereocenters. The maximum absolute atomic E-state index is 3.36. The Morgan fingerprint density at radius 2 is 1.33 bits per heavy atom. The van der Waals surface area contributed by atoms with E-state index in [9.17, 15) is 0 Å². The topological polar surface area (TPSA) is 0 Å². The maximum atomic E-state index is 3.36. The zero-order valence-corrected chi connectivity index (χ0v) is 9.72. The molecule has 0 radical (unpaired) electrons. The van der Waals surface area contributed by atoms with Crippen LogP contribution in [0.5, 0.6) is 0 Å². The lowest BCUT2D eigenvalue weighted by atomic mass is 9.84. The second-order valence-electron chi connectivity index (χ2n) is 3.97. The minimum absolute atomic E-state index is 0.856. The molecule has 0 heterocycles.